The molecule has 0 radical (unpaired) electrons. The quantitative estimate of drug-likeness (QED) is 0.747. The number of alkyl halides is 1. The summed E-state index contributed by atoms with van der Waals surface area (Å²) in [7, 11) is 0. The van der Waals surface area contributed by atoms with Gasteiger partial charge in [-0.3, -0.25) is 4.79 Å². The zero-order valence-electron chi connectivity index (χ0n) is 9.53. The van der Waals surface area contributed by atoms with Crippen molar-refractivity contribution in [3.63, 3.8) is 0 Å². The first-order valence-electron chi connectivity index (χ1n) is 5.85. The van der Waals surface area contributed by atoms with E-state index in [1.165, 1.54) is 6.42 Å². The molecule has 0 saturated heterocycles. The van der Waals surface area contributed by atoms with Gasteiger partial charge in [-0.1, -0.05) is 37.9 Å². The van der Waals surface area contributed by atoms with E-state index in [4.69, 9.17) is 0 Å². The fourth-order valence-corrected chi connectivity index (χ4v) is 2.81. The van der Waals surface area contributed by atoms with Gasteiger partial charge >= 0.3 is 0 Å². The van der Waals surface area contributed by atoms with Gasteiger partial charge in [-0.25, -0.2) is 0 Å². The topological polar surface area (TPSA) is 20.3 Å². The Labute approximate surface area is 119 Å². The second-order valence-corrected chi connectivity index (χ2v) is 5.99. The van der Waals surface area contributed by atoms with Crippen molar-refractivity contribution >= 4 is 37.8 Å². The molecule has 92 valence electrons. The summed E-state index contributed by atoms with van der Waals surface area (Å²) in [6, 6.07) is 8.06. The summed E-state index contributed by atoms with van der Waals surface area (Å²) >= 11 is 6.83. The van der Waals surface area contributed by atoms with Crippen LogP contribution >= 0.6 is 31.9 Å². The SMILES string of the molecule is O=C(c1cccc(Br)c1)N(CCBr)C1CCC1. The first kappa shape index (κ1) is 13.1. The lowest BCUT2D eigenvalue weighted by Gasteiger charge is -2.37. The second kappa shape index (κ2) is 6.01. The number of hydrogen-bond acceptors (Lipinski definition) is 1. The van der Waals surface area contributed by atoms with Crippen LogP contribution in [0.2, 0.25) is 0 Å². The molecule has 2 rings (SSSR count). The highest BCUT2D eigenvalue weighted by Crippen LogP contribution is 2.26. The lowest BCUT2D eigenvalue weighted by molar-refractivity contribution is 0.0599. The van der Waals surface area contributed by atoms with Crippen LogP contribution in [0.5, 0.6) is 0 Å². The van der Waals surface area contributed by atoms with Crippen LogP contribution in [-0.4, -0.2) is 28.7 Å². The third-order valence-electron chi connectivity index (χ3n) is 3.17. The summed E-state index contributed by atoms with van der Waals surface area (Å²) < 4.78 is 0.954. The van der Waals surface area contributed by atoms with Gasteiger partial charge in [-0.15, -0.1) is 0 Å². The highest BCUT2D eigenvalue weighted by atomic mass is 79.9. The maximum atomic E-state index is 12.4. The van der Waals surface area contributed by atoms with Gasteiger partial charge < -0.3 is 4.90 Å². The molecule has 0 aliphatic heterocycles. The first-order valence-corrected chi connectivity index (χ1v) is 7.76. The minimum atomic E-state index is 0.149. The van der Waals surface area contributed by atoms with E-state index < -0.39 is 0 Å². The van der Waals surface area contributed by atoms with E-state index in [0.717, 1.165) is 34.8 Å². The van der Waals surface area contributed by atoms with Crippen molar-refractivity contribution in [2.45, 2.75) is 25.3 Å². The molecule has 1 saturated carbocycles. The molecule has 1 amide bonds. The van der Waals surface area contributed by atoms with Gasteiger partial charge in [0.2, 0.25) is 0 Å². The van der Waals surface area contributed by atoms with Crippen LogP contribution in [0.15, 0.2) is 28.7 Å². The number of rotatable bonds is 4. The van der Waals surface area contributed by atoms with Crippen molar-refractivity contribution in [1.29, 1.82) is 0 Å². The lowest BCUT2D eigenvalue weighted by Crippen LogP contribution is -2.45. The normalized spacial score (nSPS) is 15.4. The van der Waals surface area contributed by atoms with E-state index >= 15 is 0 Å². The Hall–Kier alpha value is -0.350. The molecule has 0 N–H and O–H groups in total. The zero-order chi connectivity index (χ0) is 12.3. The van der Waals surface area contributed by atoms with Crippen LogP contribution in [0.1, 0.15) is 29.6 Å². The molecule has 0 bridgehead atoms. The fraction of sp³-hybridized carbons (Fsp3) is 0.462. The maximum absolute atomic E-state index is 12.4. The Morgan fingerprint density at radius 1 is 1.41 bits per heavy atom. The molecule has 0 atom stereocenters. The van der Waals surface area contributed by atoms with Gasteiger partial charge in [0.25, 0.3) is 5.91 Å². The van der Waals surface area contributed by atoms with Crippen LogP contribution in [0.4, 0.5) is 0 Å². The molecule has 1 aromatic carbocycles. The van der Waals surface area contributed by atoms with Crippen LogP contribution in [-0.2, 0) is 0 Å². The van der Waals surface area contributed by atoms with E-state index in [1.54, 1.807) is 0 Å². The summed E-state index contributed by atoms with van der Waals surface area (Å²) in [6.45, 7) is 0.788. The summed E-state index contributed by atoms with van der Waals surface area (Å²) in [5.74, 6) is 0.149. The van der Waals surface area contributed by atoms with Gasteiger partial charge in [0.15, 0.2) is 0 Å². The molecule has 4 heteroatoms. The second-order valence-electron chi connectivity index (χ2n) is 4.28. The number of amides is 1. The highest BCUT2D eigenvalue weighted by Gasteiger charge is 2.28. The van der Waals surface area contributed by atoms with E-state index in [-0.39, 0.29) is 5.91 Å². The minimum absolute atomic E-state index is 0.149. The molecule has 1 aliphatic carbocycles. The van der Waals surface area contributed by atoms with E-state index in [1.807, 2.05) is 29.2 Å². The van der Waals surface area contributed by atoms with Crippen LogP contribution in [0.25, 0.3) is 0 Å². The first-order chi connectivity index (χ1) is 8.22. The Morgan fingerprint density at radius 2 is 2.18 bits per heavy atom. The van der Waals surface area contributed by atoms with Crippen molar-refractivity contribution < 1.29 is 4.79 Å². The zero-order valence-corrected chi connectivity index (χ0v) is 12.7. The summed E-state index contributed by atoms with van der Waals surface area (Å²) in [5.41, 5.74) is 0.771. The number of carbonyl (C=O) groups excluding carboxylic acids is 1. The Bertz CT molecular complexity index is 404. The molecule has 1 aliphatic rings. The highest BCUT2D eigenvalue weighted by molar-refractivity contribution is 9.10. The van der Waals surface area contributed by atoms with Gasteiger partial charge in [-0.2, -0.15) is 0 Å². The Kier molecular flexibility index (Phi) is 4.62. The van der Waals surface area contributed by atoms with Crippen molar-refractivity contribution in [3.05, 3.63) is 34.3 Å². The number of nitrogens with zero attached hydrogens (tertiary/aromatic N) is 1. The van der Waals surface area contributed by atoms with Crippen LogP contribution < -0.4 is 0 Å². The Morgan fingerprint density at radius 3 is 2.71 bits per heavy atom. The molecule has 17 heavy (non-hydrogen) atoms. The standard InChI is InChI=1S/C13H15Br2NO/c14-7-8-16(12-5-2-6-12)13(17)10-3-1-4-11(15)9-10/h1,3-4,9,12H,2,5-8H2. The van der Waals surface area contributed by atoms with E-state index in [0.29, 0.717) is 6.04 Å². The molecule has 2 nitrogen and oxygen atoms in total. The van der Waals surface area contributed by atoms with Crippen LogP contribution in [0.3, 0.4) is 0 Å². The van der Waals surface area contributed by atoms with Crippen molar-refractivity contribution in [2.24, 2.45) is 0 Å². The molecule has 0 unspecified atom stereocenters. The minimum Gasteiger partial charge on any atom is -0.335 e. The lowest BCUT2D eigenvalue weighted by atomic mass is 9.91. The fourth-order valence-electron chi connectivity index (χ4n) is 2.03. The van der Waals surface area contributed by atoms with Crippen molar-refractivity contribution in [1.82, 2.24) is 4.90 Å². The number of benzene rings is 1. The molecule has 0 aromatic heterocycles. The van der Waals surface area contributed by atoms with Gasteiger partial charge in [-0.05, 0) is 37.5 Å². The molecule has 1 aromatic rings. The largest absolute Gasteiger partial charge is 0.335 e. The molecule has 0 spiro atoms. The number of carbonyl (C=O) groups is 1. The summed E-state index contributed by atoms with van der Waals surface area (Å²) in [6.07, 6.45) is 3.54. The molecular formula is C13H15Br2NO. The predicted octanol–water partition coefficient (Wildman–Crippen LogP) is 3.84. The maximum Gasteiger partial charge on any atom is 0.254 e. The average Bonchev–Trinajstić information content (AvgIpc) is 2.25. The van der Waals surface area contributed by atoms with Crippen molar-refractivity contribution in [2.75, 3.05) is 11.9 Å². The summed E-state index contributed by atoms with van der Waals surface area (Å²) in [5, 5.41) is 0.837. The Balaban J connectivity index is 2.15. The van der Waals surface area contributed by atoms with Gasteiger partial charge in [0.05, 0.1) is 0 Å². The third kappa shape index (κ3) is 3.10. The number of hydrogen-bond donors (Lipinski definition) is 0. The number of halogens is 2. The molecule has 0 heterocycles. The molecular weight excluding hydrogens is 346 g/mol. The monoisotopic (exact) mass is 359 g/mol. The van der Waals surface area contributed by atoms with Gasteiger partial charge in [0.1, 0.15) is 0 Å². The van der Waals surface area contributed by atoms with Gasteiger partial charge in [0, 0.05) is 28.0 Å². The third-order valence-corrected chi connectivity index (χ3v) is 4.02. The van der Waals surface area contributed by atoms with Crippen LogP contribution in [0, 0.1) is 0 Å². The van der Waals surface area contributed by atoms with E-state index in [9.17, 15) is 4.79 Å². The summed E-state index contributed by atoms with van der Waals surface area (Å²) in [4.78, 5) is 14.4. The molecule has 1 fully saturated rings. The predicted molar refractivity (Wildman–Crippen MR) is 76.6 cm³/mol. The average molecular weight is 361 g/mol. The van der Waals surface area contributed by atoms with Crippen molar-refractivity contribution in [3.8, 4) is 0 Å². The van der Waals surface area contributed by atoms with E-state index in [2.05, 4.69) is 31.9 Å². The smallest absolute Gasteiger partial charge is 0.254 e.